The smallest absolute Gasteiger partial charge is 0.152 e. The quantitative estimate of drug-likeness (QED) is 0.772. The number of carbonyl (C=O) groups excluding carboxylic acids is 1. The minimum Gasteiger partial charge on any atom is -0.321 e. The lowest BCUT2D eigenvalue weighted by Gasteiger charge is -2.45. The molecule has 0 radical (unpaired) electrons. The average molecular weight is 209 g/mol. The number of Topliss-reactive ketones (excluding diaryl/α,β-unsaturated/α-hetero) is 1. The third-order valence-corrected chi connectivity index (χ3v) is 4.19. The lowest BCUT2D eigenvalue weighted by Crippen LogP contribution is -2.40. The molecule has 3 rings (SSSR count). The molecule has 0 aromatic rings. The predicted molar refractivity (Wildman–Crippen MR) is 61.4 cm³/mol. The fraction of sp³-hybridized carbons (Fsp3) is 0.923. The molecule has 2 heteroatoms. The second-order valence-electron chi connectivity index (χ2n) is 5.94. The van der Waals surface area contributed by atoms with Gasteiger partial charge in [-0.05, 0) is 49.9 Å². The van der Waals surface area contributed by atoms with Crippen LogP contribution in [0.3, 0.4) is 0 Å². The van der Waals surface area contributed by atoms with Crippen LogP contribution in [0.1, 0.15) is 46.0 Å². The standard InChI is InChI=1S/C13H23NO/c1-8(2)13(15)12(14)7-11-5-9-3-10(4-9)6-11/h8-12H,3-7,14H2,1-2H3. The predicted octanol–water partition coefficient (Wildman–Crippen LogP) is 2.37. The van der Waals surface area contributed by atoms with E-state index in [4.69, 9.17) is 5.73 Å². The number of fused-ring (bicyclic) bond motifs is 2. The zero-order valence-corrected chi connectivity index (χ0v) is 9.91. The lowest BCUT2D eigenvalue weighted by molar-refractivity contribution is -0.123. The molecule has 86 valence electrons. The number of hydrogen-bond donors (Lipinski definition) is 1. The number of ketones is 1. The fourth-order valence-corrected chi connectivity index (χ4v) is 3.39. The molecule has 3 aliphatic carbocycles. The summed E-state index contributed by atoms with van der Waals surface area (Å²) in [6, 6.07) is -0.201. The van der Waals surface area contributed by atoms with E-state index in [1.807, 2.05) is 13.8 Å². The van der Waals surface area contributed by atoms with Crippen molar-refractivity contribution in [3.8, 4) is 0 Å². The number of rotatable bonds is 4. The summed E-state index contributed by atoms with van der Waals surface area (Å²) in [4.78, 5) is 11.7. The van der Waals surface area contributed by atoms with Crippen LogP contribution in [0.25, 0.3) is 0 Å². The van der Waals surface area contributed by atoms with Crippen LogP contribution in [0.2, 0.25) is 0 Å². The van der Waals surface area contributed by atoms with Crippen LogP contribution in [-0.4, -0.2) is 11.8 Å². The molecule has 1 atom stereocenters. The first-order valence-electron chi connectivity index (χ1n) is 6.35. The Hall–Kier alpha value is -0.370. The summed E-state index contributed by atoms with van der Waals surface area (Å²) in [7, 11) is 0. The number of nitrogens with two attached hydrogens (primary N) is 1. The summed E-state index contributed by atoms with van der Waals surface area (Å²) in [5, 5.41) is 0. The van der Waals surface area contributed by atoms with Gasteiger partial charge in [-0.2, -0.15) is 0 Å². The van der Waals surface area contributed by atoms with E-state index in [9.17, 15) is 4.79 Å². The van der Waals surface area contributed by atoms with Crippen molar-refractivity contribution in [2.24, 2.45) is 29.4 Å². The Balaban J connectivity index is 1.79. The summed E-state index contributed by atoms with van der Waals surface area (Å²) >= 11 is 0. The van der Waals surface area contributed by atoms with Gasteiger partial charge < -0.3 is 5.73 Å². The molecule has 0 aliphatic heterocycles. The van der Waals surface area contributed by atoms with Crippen molar-refractivity contribution in [3.05, 3.63) is 0 Å². The molecular weight excluding hydrogens is 186 g/mol. The van der Waals surface area contributed by atoms with E-state index in [0.717, 1.165) is 24.2 Å². The van der Waals surface area contributed by atoms with Gasteiger partial charge in [0.2, 0.25) is 0 Å². The maximum atomic E-state index is 11.7. The molecule has 0 spiro atoms. The summed E-state index contributed by atoms with van der Waals surface area (Å²) in [6.07, 6.45) is 6.49. The van der Waals surface area contributed by atoms with Crippen molar-refractivity contribution in [2.45, 2.75) is 52.0 Å². The highest BCUT2D eigenvalue weighted by molar-refractivity contribution is 5.85. The Morgan fingerprint density at radius 3 is 2.20 bits per heavy atom. The van der Waals surface area contributed by atoms with Crippen LogP contribution < -0.4 is 5.73 Å². The normalized spacial score (nSPS) is 36.1. The second-order valence-corrected chi connectivity index (χ2v) is 5.94. The van der Waals surface area contributed by atoms with Crippen molar-refractivity contribution in [1.29, 1.82) is 0 Å². The van der Waals surface area contributed by atoms with Gasteiger partial charge in [-0.1, -0.05) is 13.8 Å². The third kappa shape index (κ3) is 2.41. The van der Waals surface area contributed by atoms with Crippen LogP contribution >= 0.6 is 0 Å². The SMILES string of the molecule is CC(C)C(=O)C(N)CC1CC2CC(C2)C1. The maximum absolute atomic E-state index is 11.7. The van der Waals surface area contributed by atoms with Crippen molar-refractivity contribution in [3.63, 3.8) is 0 Å². The van der Waals surface area contributed by atoms with E-state index in [1.165, 1.54) is 25.7 Å². The first-order valence-corrected chi connectivity index (χ1v) is 6.35. The van der Waals surface area contributed by atoms with Crippen molar-refractivity contribution < 1.29 is 4.79 Å². The third-order valence-electron chi connectivity index (χ3n) is 4.19. The van der Waals surface area contributed by atoms with Gasteiger partial charge in [-0.3, -0.25) is 4.79 Å². The molecule has 0 aromatic carbocycles. The summed E-state index contributed by atoms with van der Waals surface area (Å²) in [6.45, 7) is 3.89. The van der Waals surface area contributed by atoms with Gasteiger partial charge in [0.15, 0.2) is 5.78 Å². The largest absolute Gasteiger partial charge is 0.321 e. The van der Waals surface area contributed by atoms with Crippen molar-refractivity contribution in [1.82, 2.24) is 0 Å². The molecule has 0 aromatic heterocycles. The summed E-state index contributed by atoms with van der Waals surface area (Å²) in [5.74, 6) is 3.01. The van der Waals surface area contributed by atoms with Gasteiger partial charge in [0.25, 0.3) is 0 Å². The minimum absolute atomic E-state index is 0.0955. The topological polar surface area (TPSA) is 43.1 Å². The van der Waals surface area contributed by atoms with Crippen LogP contribution in [0, 0.1) is 23.7 Å². The highest BCUT2D eigenvalue weighted by Gasteiger charge is 2.38. The van der Waals surface area contributed by atoms with Crippen molar-refractivity contribution in [2.75, 3.05) is 0 Å². The van der Waals surface area contributed by atoms with Crippen LogP contribution in [0.5, 0.6) is 0 Å². The van der Waals surface area contributed by atoms with Gasteiger partial charge in [0, 0.05) is 5.92 Å². The summed E-state index contributed by atoms with van der Waals surface area (Å²) < 4.78 is 0. The Labute approximate surface area is 92.6 Å². The second kappa shape index (κ2) is 4.25. The summed E-state index contributed by atoms with van der Waals surface area (Å²) in [5.41, 5.74) is 5.96. The van der Waals surface area contributed by atoms with E-state index < -0.39 is 0 Å². The fourth-order valence-electron chi connectivity index (χ4n) is 3.39. The monoisotopic (exact) mass is 209 g/mol. The van der Waals surface area contributed by atoms with Gasteiger partial charge in [0.1, 0.15) is 0 Å². The van der Waals surface area contributed by atoms with Crippen LogP contribution in [-0.2, 0) is 4.79 Å². The van der Waals surface area contributed by atoms with Gasteiger partial charge in [-0.25, -0.2) is 0 Å². The minimum atomic E-state index is -0.201. The Morgan fingerprint density at radius 1 is 1.20 bits per heavy atom. The molecule has 0 saturated heterocycles. The highest BCUT2D eigenvalue weighted by atomic mass is 16.1. The molecule has 3 aliphatic rings. The number of carbonyl (C=O) groups is 1. The first kappa shape index (κ1) is 11.1. The molecule has 0 heterocycles. The van der Waals surface area contributed by atoms with Crippen LogP contribution in [0.15, 0.2) is 0 Å². The van der Waals surface area contributed by atoms with Crippen LogP contribution in [0.4, 0.5) is 0 Å². The van der Waals surface area contributed by atoms with E-state index in [-0.39, 0.29) is 17.7 Å². The zero-order chi connectivity index (χ0) is 11.0. The molecule has 0 amide bonds. The molecular formula is C13H23NO. The van der Waals surface area contributed by atoms with E-state index in [2.05, 4.69) is 0 Å². The molecule has 1 unspecified atom stereocenters. The van der Waals surface area contributed by atoms with E-state index >= 15 is 0 Å². The zero-order valence-electron chi connectivity index (χ0n) is 9.91. The molecule has 2 nitrogen and oxygen atoms in total. The molecule has 3 saturated carbocycles. The Morgan fingerprint density at radius 2 is 1.73 bits per heavy atom. The molecule has 2 N–H and O–H groups in total. The maximum Gasteiger partial charge on any atom is 0.152 e. The van der Waals surface area contributed by atoms with E-state index in [1.54, 1.807) is 0 Å². The molecule has 2 bridgehead atoms. The first-order chi connectivity index (χ1) is 7.06. The van der Waals surface area contributed by atoms with Gasteiger partial charge >= 0.3 is 0 Å². The highest BCUT2D eigenvalue weighted by Crippen LogP contribution is 2.49. The molecule has 15 heavy (non-hydrogen) atoms. The van der Waals surface area contributed by atoms with Gasteiger partial charge in [-0.15, -0.1) is 0 Å². The van der Waals surface area contributed by atoms with E-state index in [0.29, 0.717) is 0 Å². The Bertz CT molecular complexity index is 233. The Kier molecular flexibility index (Phi) is 3.15. The lowest BCUT2D eigenvalue weighted by atomic mass is 9.60. The molecule has 3 fully saturated rings. The average Bonchev–Trinajstić information content (AvgIpc) is 2.15. The van der Waals surface area contributed by atoms with Gasteiger partial charge in [0.05, 0.1) is 6.04 Å². The van der Waals surface area contributed by atoms with Crippen molar-refractivity contribution >= 4 is 5.78 Å². The number of hydrogen-bond acceptors (Lipinski definition) is 2.